The lowest BCUT2D eigenvalue weighted by Gasteiger charge is -2.44. The van der Waals surface area contributed by atoms with Crippen LogP contribution in [-0.2, 0) is 21.0 Å². The third kappa shape index (κ3) is 3.83. The van der Waals surface area contributed by atoms with E-state index < -0.39 is 5.60 Å². The molecule has 30 heavy (non-hydrogen) atoms. The highest BCUT2D eigenvalue weighted by molar-refractivity contribution is 6.39. The molecule has 1 aromatic rings. The number of amides is 2. The van der Waals surface area contributed by atoms with E-state index in [-0.39, 0.29) is 23.8 Å². The van der Waals surface area contributed by atoms with Crippen LogP contribution in [0.4, 0.5) is 0 Å². The Labute approximate surface area is 177 Å². The molecule has 1 saturated carbocycles. The van der Waals surface area contributed by atoms with Crippen molar-refractivity contribution in [3.63, 3.8) is 0 Å². The van der Waals surface area contributed by atoms with Crippen LogP contribution < -0.4 is 5.32 Å². The molecule has 0 aromatic heterocycles. The van der Waals surface area contributed by atoms with Gasteiger partial charge in [0.1, 0.15) is 5.71 Å². The van der Waals surface area contributed by atoms with E-state index in [0.717, 1.165) is 58.3 Å². The van der Waals surface area contributed by atoms with Gasteiger partial charge in [0, 0.05) is 38.5 Å². The number of rotatable bonds is 5. The van der Waals surface area contributed by atoms with Gasteiger partial charge in [-0.2, -0.15) is 0 Å². The van der Waals surface area contributed by atoms with Crippen LogP contribution in [0.2, 0.25) is 0 Å². The monoisotopic (exact) mass is 410 g/mol. The molecule has 0 bridgehead atoms. The van der Waals surface area contributed by atoms with E-state index >= 15 is 0 Å². The molecule has 3 fully saturated rings. The van der Waals surface area contributed by atoms with E-state index in [1.165, 1.54) is 5.56 Å². The molecule has 0 radical (unpaired) electrons. The zero-order valence-corrected chi connectivity index (χ0v) is 17.4. The second kappa shape index (κ2) is 8.02. The number of oxime groups is 1. The molecule has 1 N–H and O–H groups in total. The molecule has 1 aromatic carbocycles. The Morgan fingerprint density at radius 3 is 2.57 bits per heavy atom. The molecule has 2 atom stereocenters. The van der Waals surface area contributed by atoms with Gasteiger partial charge in [-0.05, 0) is 37.7 Å². The van der Waals surface area contributed by atoms with Crippen molar-refractivity contribution in [1.82, 2.24) is 15.1 Å². The van der Waals surface area contributed by atoms with E-state index in [1.54, 1.807) is 0 Å². The Kier molecular flexibility index (Phi) is 5.23. The van der Waals surface area contributed by atoms with E-state index in [0.29, 0.717) is 18.7 Å². The first kappa shape index (κ1) is 19.5. The minimum atomic E-state index is -0.664. The first-order chi connectivity index (χ1) is 14.6. The van der Waals surface area contributed by atoms with Gasteiger partial charge in [-0.15, -0.1) is 0 Å². The minimum absolute atomic E-state index is 0.00294. The van der Waals surface area contributed by atoms with Crippen LogP contribution >= 0.6 is 0 Å². The molecule has 3 aliphatic heterocycles. The fourth-order valence-electron chi connectivity index (χ4n) is 4.94. The van der Waals surface area contributed by atoms with Crippen molar-refractivity contribution in [3.8, 4) is 0 Å². The first-order valence-electron chi connectivity index (χ1n) is 11.2. The van der Waals surface area contributed by atoms with Crippen LogP contribution in [0.5, 0.6) is 0 Å². The Morgan fingerprint density at radius 1 is 1.07 bits per heavy atom. The van der Waals surface area contributed by atoms with Gasteiger partial charge in [-0.1, -0.05) is 35.5 Å². The molecule has 7 nitrogen and oxygen atoms in total. The van der Waals surface area contributed by atoms with Gasteiger partial charge in [-0.25, -0.2) is 0 Å². The highest BCUT2D eigenvalue weighted by Gasteiger charge is 2.53. The molecule has 5 rings (SSSR count). The number of benzene rings is 1. The standard InChI is InChI=1S/C23H30N4O3/c28-21(18-8-9-18)27-13-10-20(24-15-17-6-2-1-3-7-17)23(16-27)14-19(25-30-23)22(29)26-11-4-5-12-26/h1-3,6-7,18,20,24H,4-5,8-16H2. The molecule has 7 heteroatoms. The molecule has 2 saturated heterocycles. The maximum atomic E-state index is 12.9. The molecule has 3 heterocycles. The Bertz CT molecular complexity index is 832. The predicted octanol–water partition coefficient (Wildman–Crippen LogP) is 1.92. The highest BCUT2D eigenvalue weighted by atomic mass is 16.7. The summed E-state index contributed by atoms with van der Waals surface area (Å²) in [5.74, 6) is 0.416. The molecule has 2 amide bonds. The van der Waals surface area contributed by atoms with E-state index in [9.17, 15) is 9.59 Å². The maximum absolute atomic E-state index is 12.9. The number of carbonyl (C=O) groups excluding carboxylic acids is 2. The van der Waals surface area contributed by atoms with Gasteiger partial charge in [0.2, 0.25) is 5.91 Å². The van der Waals surface area contributed by atoms with Crippen molar-refractivity contribution >= 4 is 17.5 Å². The topological polar surface area (TPSA) is 74.2 Å². The average molecular weight is 411 g/mol. The minimum Gasteiger partial charge on any atom is -0.385 e. The number of piperidine rings is 1. The zero-order chi connectivity index (χ0) is 20.6. The second-order valence-electron chi connectivity index (χ2n) is 9.11. The number of likely N-dealkylation sites (tertiary alicyclic amines) is 2. The summed E-state index contributed by atoms with van der Waals surface area (Å²) in [6, 6.07) is 10.3. The van der Waals surface area contributed by atoms with Gasteiger partial charge < -0.3 is 20.0 Å². The zero-order valence-electron chi connectivity index (χ0n) is 17.4. The van der Waals surface area contributed by atoms with Crippen molar-refractivity contribution in [2.75, 3.05) is 26.2 Å². The SMILES string of the molecule is O=C(C1=NOC2(C1)CN(C(=O)C1CC1)CCC2NCc1ccccc1)N1CCCC1. The summed E-state index contributed by atoms with van der Waals surface area (Å²) < 4.78 is 0. The smallest absolute Gasteiger partial charge is 0.271 e. The quantitative estimate of drug-likeness (QED) is 0.805. The van der Waals surface area contributed by atoms with Crippen molar-refractivity contribution in [2.24, 2.45) is 11.1 Å². The molecule has 2 unspecified atom stereocenters. The van der Waals surface area contributed by atoms with Gasteiger partial charge >= 0.3 is 0 Å². The number of nitrogens with zero attached hydrogens (tertiary/aromatic N) is 3. The van der Waals surface area contributed by atoms with Crippen LogP contribution in [0.3, 0.4) is 0 Å². The van der Waals surface area contributed by atoms with E-state index in [4.69, 9.17) is 4.84 Å². The van der Waals surface area contributed by atoms with Gasteiger partial charge in [0.15, 0.2) is 5.60 Å². The lowest BCUT2D eigenvalue weighted by Crippen LogP contribution is -2.63. The molecule has 160 valence electrons. The lowest BCUT2D eigenvalue weighted by atomic mass is 9.82. The third-order valence-corrected chi connectivity index (χ3v) is 6.86. The normalized spacial score (nSPS) is 28.5. The van der Waals surface area contributed by atoms with Crippen LogP contribution in [0, 0.1) is 5.92 Å². The molecule has 1 spiro atoms. The second-order valence-corrected chi connectivity index (χ2v) is 9.11. The van der Waals surface area contributed by atoms with Gasteiger partial charge in [0.05, 0.1) is 12.6 Å². The summed E-state index contributed by atoms with van der Waals surface area (Å²) in [5.41, 5.74) is 1.04. The molecular weight excluding hydrogens is 380 g/mol. The fraction of sp³-hybridized carbons (Fsp3) is 0.609. The van der Waals surface area contributed by atoms with Crippen molar-refractivity contribution in [3.05, 3.63) is 35.9 Å². The van der Waals surface area contributed by atoms with Crippen LogP contribution in [0.1, 0.15) is 44.1 Å². The summed E-state index contributed by atoms with van der Waals surface area (Å²) in [5, 5.41) is 7.91. The van der Waals surface area contributed by atoms with Crippen LogP contribution in [-0.4, -0.2) is 65.1 Å². The van der Waals surface area contributed by atoms with Crippen LogP contribution in [0.25, 0.3) is 0 Å². The number of nitrogens with one attached hydrogen (secondary N) is 1. The van der Waals surface area contributed by atoms with Crippen molar-refractivity contribution in [1.29, 1.82) is 0 Å². The largest absolute Gasteiger partial charge is 0.385 e. The molecular formula is C23H30N4O3. The maximum Gasteiger partial charge on any atom is 0.271 e. The Morgan fingerprint density at radius 2 is 1.83 bits per heavy atom. The highest BCUT2D eigenvalue weighted by Crippen LogP contribution is 2.38. The third-order valence-electron chi connectivity index (χ3n) is 6.86. The molecule has 1 aliphatic carbocycles. The first-order valence-corrected chi connectivity index (χ1v) is 11.2. The average Bonchev–Trinajstić information content (AvgIpc) is 3.31. The predicted molar refractivity (Wildman–Crippen MR) is 113 cm³/mol. The molecule has 4 aliphatic rings. The van der Waals surface area contributed by atoms with E-state index in [2.05, 4.69) is 22.6 Å². The van der Waals surface area contributed by atoms with Gasteiger partial charge in [-0.3, -0.25) is 9.59 Å². The summed E-state index contributed by atoms with van der Waals surface area (Å²) in [6.45, 7) is 3.54. The number of hydrogen-bond acceptors (Lipinski definition) is 5. The van der Waals surface area contributed by atoms with Crippen molar-refractivity contribution < 1.29 is 14.4 Å². The summed E-state index contributed by atoms with van der Waals surface area (Å²) in [6.07, 6.45) is 5.35. The fourth-order valence-corrected chi connectivity index (χ4v) is 4.94. The van der Waals surface area contributed by atoms with E-state index in [1.807, 2.05) is 28.0 Å². The summed E-state index contributed by atoms with van der Waals surface area (Å²) in [4.78, 5) is 35.5. The lowest BCUT2D eigenvalue weighted by molar-refractivity contribution is -0.145. The van der Waals surface area contributed by atoms with Crippen molar-refractivity contribution in [2.45, 2.75) is 56.7 Å². The van der Waals surface area contributed by atoms with Crippen LogP contribution in [0.15, 0.2) is 35.5 Å². The summed E-state index contributed by atoms with van der Waals surface area (Å²) in [7, 11) is 0. The number of carbonyl (C=O) groups is 2. The Hall–Kier alpha value is -2.41. The Balaban J connectivity index is 1.31. The van der Waals surface area contributed by atoms with Gasteiger partial charge in [0.25, 0.3) is 5.91 Å². The summed E-state index contributed by atoms with van der Waals surface area (Å²) >= 11 is 0. The number of hydrogen-bond donors (Lipinski definition) is 1.